The number of carbonyl (C=O) groups is 1. The molecule has 0 saturated heterocycles. The molecule has 0 aliphatic heterocycles. The van der Waals surface area contributed by atoms with Gasteiger partial charge < -0.3 is 15.0 Å². The number of amides is 1. The first kappa shape index (κ1) is 18.7. The number of nitrogens with one attached hydrogen (secondary N) is 2. The van der Waals surface area contributed by atoms with Crippen LogP contribution in [0.5, 0.6) is 5.75 Å². The highest BCUT2D eigenvalue weighted by Crippen LogP contribution is 2.23. The minimum atomic E-state index is -0.240. The third kappa shape index (κ3) is 3.96. The molecule has 148 valence electrons. The van der Waals surface area contributed by atoms with Crippen molar-refractivity contribution in [1.82, 2.24) is 24.9 Å². The van der Waals surface area contributed by atoms with E-state index in [9.17, 15) is 9.59 Å². The molecule has 8 nitrogen and oxygen atoms in total. The molecule has 3 heterocycles. The number of nitrogens with zero attached hydrogens (tertiary/aromatic N) is 3. The molecule has 3 aromatic heterocycles. The summed E-state index contributed by atoms with van der Waals surface area (Å²) in [5.74, 6) is 0.673. The van der Waals surface area contributed by atoms with Crippen LogP contribution in [0.4, 0.5) is 0 Å². The highest BCUT2D eigenvalue weighted by atomic mass is 16.5. The molecule has 2 N–H and O–H groups in total. The van der Waals surface area contributed by atoms with Gasteiger partial charge in [0.15, 0.2) is 5.65 Å². The molecule has 4 aromatic rings. The van der Waals surface area contributed by atoms with Gasteiger partial charge in [-0.3, -0.25) is 14.0 Å². The van der Waals surface area contributed by atoms with E-state index in [1.807, 2.05) is 24.4 Å². The van der Waals surface area contributed by atoms with Crippen molar-refractivity contribution >= 4 is 22.5 Å². The van der Waals surface area contributed by atoms with Crippen molar-refractivity contribution in [3.05, 3.63) is 70.4 Å². The summed E-state index contributed by atoms with van der Waals surface area (Å²) in [7, 11) is 1.64. The minimum absolute atomic E-state index is 0.123. The van der Waals surface area contributed by atoms with Gasteiger partial charge in [0, 0.05) is 42.7 Å². The maximum absolute atomic E-state index is 12.4. The number of fused-ring (bicyclic) bond motifs is 2. The second kappa shape index (κ2) is 8.14. The van der Waals surface area contributed by atoms with Gasteiger partial charge in [-0.25, -0.2) is 0 Å². The molecule has 8 heteroatoms. The number of benzene rings is 1. The van der Waals surface area contributed by atoms with Crippen LogP contribution in [0.3, 0.4) is 0 Å². The molecule has 1 aromatic carbocycles. The van der Waals surface area contributed by atoms with E-state index in [0.717, 1.165) is 22.2 Å². The molecule has 1 amide bonds. The normalized spacial score (nSPS) is 11.1. The Morgan fingerprint density at radius 3 is 2.97 bits per heavy atom. The van der Waals surface area contributed by atoms with E-state index >= 15 is 0 Å². The number of hydrogen-bond donors (Lipinski definition) is 2. The van der Waals surface area contributed by atoms with Crippen molar-refractivity contribution < 1.29 is 9.53 Å². The summed E-state index contributed by atoms with van der Waals surface area (Å²) in [6, 6.07) is 11.1. The zero-order valence-corrected chi connectivity index (χ0v) is 16.0. The Morgan fingerprint density at radius 1 is 1.21 bits per heavy atom. The molecule has 0 unspecified atom stereocenters. The second-order valence-electron chi connectivity index (χ2n) is 6.71. The zero-order valence-electron chi connectivity index (χ0n) is 16.0. The fourth-order valence-corrected chi connectivity index (χ4v) is 3.29. The van der Waals surface area contributed by atoms with Crippen molar-refractivity contribution in [2.45, 2.75) is 19.3 Å². The quantitative estimate of drug-likeness (QED) is 0.501. The standard InChI is InChI=1S/C21H21N5O3/c1-29-15-5-6-17-16(12-15)14(13-23-17)9-10-22-20(27)8-7-18-21(28)26-11-3-2-4-19(26)25-24-18/h2-6,11-13,23H,7-10H2,1H3,(H,22,27). The molecule has 0 spiro atoms. The first-order valence-electron chi connectivity index (χ1n) is 9.39. The third-order valence-electron chi connectivity index (χ3n) is 4.86. The Balaban J connectivity index is 1.33. The smallest absolute Gasteiger partial charge is 0.279 e. The van der Waals surface area contributed by atoms with Crippen LogP contribution in [-0.2, 0) is 17.6 Å². The maximum Gasteiger partial charge on any atom is 0.279 e. The van der Waals surface area contributed by atoms with E-state index in [2.05, 4.69) is 20.5 Å². The summed E-state index contributed by atoms with van der Waals surface area (Å²) in [5, 5.41) is 12.0. The van der Waals surface area contributed by atoms with Crippen LogP contribution in [0.1, 0.15) is 17.7 Å². The van der Waals surface area contributed by atoms with Crippen LogP contribution in [-0.4, -0.2) is 39.1 Å². The number of pyridine rings is 1. The van der Waals surface area contributed by atoms with E-state index in [0.29, 0.717) is 18.6 Å². The van der Waals surface area contributed by atoms with Gasteiger partial charge in [-0.2, -0.15) is 0 Å². The average Bonchev–Trinajstić information content (AvgIpc) is 3.15. The fraction of sp³-hybridized carbons (Fsp3) is 0.238. The average molecular weight is 391 g/mol. The number of aromatic nitrogens is 4. The summed E-state index contributed by atoms with van der Waals surface area (Å²) < 4.78 is 6.71. The van der Waals surface area contributed by atoms with Crippen LogP contribution >= 0.6 is 0 Å². The molecular formula is C21H21N5O3. The van der Waals surface area contributed by atoms with Crippen LogP contribution in [0, 0.1) is 0 Å². The Hall–Kier alpha value is -3.68. The molecule has 0 bridgehead atoms. The SMILES string of the molecule is COc1ccc2[nH]cc(CCNC(=O)CCc3nnc4ccccn4c3=O)c2c1. The molecule has 4 rings (SSSR count). The summed E-state index contributed by atoms with van der Waals surface area (Å²) in [6.45, 7) is 0.505. The number of aryl methyl sites for hydroxylation is 1. The van der Waals surface area contributed by atoms with Gasteiger partial charge in [0.25, 0.3) is 5.56 Å². The van der Waals surface area contributed by atoms with E-state index in [1.54, 1.807) is 31.5 Å². The Morgan fingerprint density at radius 2 is 2.10 bits per heavy atom. The highest BCUT2D eigenvalue weighted by molar-refractivity contribution is 5.84. The largest absolute Gasteiger partial charge is 0.497 e. The molecule has 0 aliphatic rings. The number of carbonyl (C=O) groups excluding carboxylic acids is 1. The zero-order chi connectivity index (χ0) is 20.2. The van der Waals surface area contributed by atoms with Crippen molar-refractivity contribution in [2.75, 3.05) is 13.7 Å². The Bertz CT molecular complexity index is 1230. The van der Waals surface area contributed by atoms with Gasteiger partial charge in [-0.15, -0.1) is 10.2 Å². The molecule has 0 radical (unpaired) electrons. The lowest BCUT2D eigenvalue weighted by Gasteiger charge is -2.06. The number of H-pyrrole nitrogens is 1. The van der Waals surface area contributed by atoms with Gasteiger partial charge in [0.05, 0.1) is 7.11 Å². The van der Waals surface area contributed by atoms with E-state index in [1.165, 1.54) is 4.40 Å². The third-order valence-corrected chi connectivity index (χ3v) is 4.86. The van der Waals surface area contributed by atoms with Gasteiger partial charge >= 0.3 is 0 Å². The van der Waals surface area contributed by atoms with Crippen LogP contribution in [0.2, 0.25) is 0 Å². The maximum atomic E-state index is 12.4. The number of aromatic amines is 1. The van der Waals surface area contributed by atoms with Crippen LogP contribution < -0.4 is 15.6 Å². The van der Waals surface area contributed by atoms with Crippen molar-refractivity contribution in [1.29, 1.82) is 0 Å². The summed E-state index contributed by atoms with van der Waals surface area (Å²) in [4.78, 5) is 27.8. The molecule has 0 fully saturated rings. The van der Waals surface area contributed by atoms with E-state index < -0.39 is 0 Å². The summed E-state index contributed by atoms with van der Waals surface area (Å²) in [5.41, 5.74) is 2.67. The first-order valence-corrected chi connectivity index (χ1v) is 9.39. The van der Waals surface area contributed by atoms with Gasteiger partial charge in [-0.05, 0) is 42.3 Å². The lowest BCUT2D eigenvalue weighted by molar-refractivity contribution is -0.121. The molecule has 0 aliphatic carbocycles. The topological polar surface area (TPSA) is 101 Å². The van der Waals surface area contributed by atoms with Crippen LogP contribution in [0.25, 0.3) is 16.6 Å². The predicted octanol–water partition coefficient (Wildman–Crippen LogP) is 1.87. The Kier molecular flexibility index (Phi) is 5.24. The van der Waals surface area contributed by atoms with Crippen molar-refractivity contribution in [2.24, 2.45) is 0 Å². The molecular weight excluding hydrogens is 370 g/mol. The van der Waals surface area contributed by atoms with Gasteiger partial charge in [0.1, 0.15) is 11.4 Å². The van der Waals surface area contributed by atoms with Gasteiger partial charge in [0.2, 0.25) is 5.91 Å². The van der Waals surface area contributed by atoms with Crippen LogP contribution in [0.15, 0.2) is 53.6 Å². The number of methoxy groups -OCH3 is 1. The fourth-order valence-electron chi connectivity index (χ4n) is 3.29. The second-order valence-corrected chi connectivity index (χ2v) is 6.71. The number of hydrogen-bond acceptors (Lipinski definition) is 5. The Labute approximate surface area is 166 Å². The van der Waals surface area contributed by atoms with Crippen molar-refractivity contribution in [3.63, 3.8) is 0 Å². The minimum Gasteiger partial charge on any atom is -0.497 e. The summed E-state index contributed by atoms with van der Waals surface area (Å²) in [6.07, 6.45) is 4.72. The number of ether oxygens (including phenoxy) is 1. The van der Waals surface area contributed by atoms with E-state index in [4.69, 9.17) is 4.74 Å². The lowest BCUT2D eigenvalue weighted by atomic mass is 10.1. The van der Waals surface area contributed by atoms with Gasteiger partial charge in [-0.1, -0.05) is 6.07 Å². The molecule has 0 atom stereocenters. The number of rotatable bonds is 7. The van der Waals surface area contributed by atoms with Crippen molar-refractivity contribution in [3.8, 4) is 5.75 Å². The lowest BCUT2D eigenvalue weighted by Crippen LogP contribution is -2.28. The molecule has 29 heavy (non-hydrogen) atoms. The highest BCUT2D eigenvalue weighted by Gasteiger charge is 2.10. The monoisotopic (exact) mass is 391 g/mol. The molecule has 0 saturated carbocycles. The first-order chi connectivity index (χ1) is 14.2. The van der Waals surface area contributed by atoms with E-state index in [-0.39, 0.29) is 30.0 Å². The predicted molar refractivity (Wildman–Crippen MR) is 109 cm³/mol. The summed E-state index contributed by atoms with van der Waals surface area (Å²) >= 11 is 0.